The van der Waals surface area contributed by atoms with E-state index < -0.39 is 0 Å². The molecule has 2 aromatic rings. The van der Waals surface area contributed by atoms with Gasteiger partial charge in [-0.1, -0.05) is 37.3 Å². The maximum atomic E-state index is 13.0. The molecular weight excluding hydrogens is 249 g/mol. The van der Waals surface area contributed by atoms with E-state index in [0.717, 1.165) is 18.5 Å². The van der Waals surface area contributed by atoms with Gasteiger partial charge in [0.05, 0.1) is 0 Å². The van der Waals surface area contributed by atoms with Crippen LogP contribution in [0.2, 0.25) is 0 Å². The minimum absolute atomic E-state index is 0.180. The Morgan fingerprint density at radius 2 is 1.75 bits per heavy atom. The van der Waals surface area contributed by atoms with Crippen LogP contribution in [0.3, 0.4) is 0 Å². The quantitative estimate of drug-likeness (QED) is 0.853. The normalized spacial score (nSPS) is 12.4. The summed E-state index contributed by atoms with van der Waals surface area (Å²) in [5.41, 5.74) is 5.12. The summed E-state index contributed by atoms with van der Waals surface area (Å²) >= 11 is 0. The highest BCUT2D eigenvalue weighted by molar-refractivity contribution is 5.36. The van der Waals surface area contributed by atoms with Crippen molar-refractivity contribution < 1.29 is 4.39 Å². The molecular formula is C18H22FN. The van der Waals surface area contributed by atoms with Gasteiger partial charge in [0.1, 0.15) is 5.82 Å². The lowest BCUT2D eigenvalue weighted by Gasteiger charge is -2.21. The largest absolute Gasteiger partial charge is 0.310 e. The summed E-state index contributed by atoms with van der Waals surface area (Å²) in [4.78, 5) is 0. The van der Waals surface area contributed by atoms with Crippen LogP contribution in [-0.4, -0.2) is 6.54 Å². The average Bonchev–Trinajstić information content (AvgIpc) is 2.44. The van der Waals surface area contributed by atoms with Crippen molar-refractivity contribution in [3.8, 4) is 0 Å². The zero-order valence-corrected chi connectivity index (χ0v) is 12.4. The molecule has 106 valence electrons. The number of likely N-dealkylation sites (N-methyl/N-ethyl adjacent to an activating group) is 1. The van der Waals surface area contributed by atoms with Gasteiger partial charge in [0.2, 0.25) is 0 Å². The Bertz CT molecular complexity index is 560. The van der Waals surface area contributed by atoms with E-state index >= 15 is 0 Å². The third kappa shape index (κ3) is 3.45. The van der Waals surface area contributed by atoms with Gasteiger partial charge < -0.3 is 5.32 Å². The van der Waals surface area contributed by atoms with Gasteiger partial charge in [-0.3, -0.25) is 0 Å². The summed E-state index contributed by atoms with van der Waals surface area (Å²) in [6.45, 7) is 7.33. The van der Waals surface area contributed by atoms with Crippen LogP contribution in [0.15, 0.2) is 42.5 Å². The molecule has 0 fully saturated rings. The van der Waals surface area contributed by atoms with Gasteiger partial charge in [0.25, 0.3) is 0 Å². The number of hydrogen-bond donors (Lipinski definition) is 1. The van der Waals surface area contributed by atoms with Crippen LogP contribution < -0.4 is 5.32 Å². The molecule has 0 saturated carbocycles. The van der Waals surface area contributed by atoms with E-state index in [-0.39, 0.29) is 11.9 Å². The van der Waals surface area contributed by atoms with E-state index in [1.807, 2.05) is 12.1 Å². The second-order valence-electron chi connectivity index (χ2n) is 5.23. The first kappa shape index (κ1) is 14.7. The molecule has 2 rings (SSSR count). The Hall–Kier alpha value is -1.67. The minimum Gasteiger partial charge on any atom is -0.310 e. The molecule has 2 heteroatoms. The first-order valence-electron chi connectivity index (χ1n) is 7.15. The van der Waals surface area contributed by atoms with Crippen LogP contribution in [0.5, 0.6) is 0 Å². The molecule has 0 spiro atoms. The van der Waals surface area contributed by atoms with E-state index in [4.69, 9.17) is 0 Å². The number of aryl methyl sites for hydroxylation is 1. The number of nitrogens with one attached hydrogen (secondary N) is 1. The molecule has 0 aliphatic rings. The van der Waals surface area contributed by atoms with Crippen LogP contribution >= 0.6 is 0 Å². The number of halogens is 1. The molecule has 0 radical (unpaired) electrons. The highest BCUT2D eigenvalue weighted by Crippen LogP contribution is 2.24. The predicted octanol–water partition coefficient (Wildman–Crippen LogP) is 4.34. The lowest BCUT2D eigenvalue weighted by atomic mass is 9.93. The second kappa shape index (κ2) is 6.67. The highest BCUT2D eigenvalue weighted by atomic mass is 19.1. The van der Waals surface area contributed by atoms with Crippen molar-refractivity contribution in [3.05, 3.63) is 70.5 Å². The fraction of sp³-hybridized carbons (Fsp3) is 0.333. The minimum atomic E-state index is -0.180. The van der Waals surface area contributed by atoms with Crippen LogP contribution in [0, 0.1) is 19.7 Å². The Kier molecular flexibility index (Phi) is 4.91. The molecule has 1 N–H and O–H groups in total. The Balaban J connectivity index is 2.26. The van der Waals surface area contributed by atoms with Gasteiger partial charge in [-0.15, -0.1) is 0 Å². The molecule has 0 amide bonds. The topological polar surface area (TPSA) is 12.0 Å². The predicted molar refractivity (Wildman–Crippen MR) is 82.4 cm³/mol. The van der Waals surface area contributed by atoms with Crippen molar-refractivity contribution in [3.63, 3.8) is 0 Å². The van der Waals surface area contributed by atoms with E-state index in [1.165, 1.54) is 28.8 Å². The van der Waals surface area contributed by atoms with E-state index in [1.54, 1.807) is 0 Å². The van der Waals surface area contributed by atoms with Gasteiger partial charge >= 0.3 is 0 Å². The van der Waals surface area contributed by atoms with Crippen molar-refractivity contribution in [2.75, 3.05) is 6.54 Å². The molecule has 0 heterocycles. The van der Waals surface area contributed by atoms with Gasteiger partial charge in [-0.25, -0.2) is 4.39 Å². The van der Waals surface area contributed by atoms with Crippen LogP contribution in [0.25, 0.3) is 0 Å². The lowest BCUT2D eigenvalue weighted by molar-refractivity contribution is 0.546. The molecule has 1 nitrogen and oxygen atoms in total. The zero-order valence-electron chi connectivity index (χ0n) is 12.4. The highest BCUT2D eigenvalue weighted by Gasteiger charge is 2.14. The van der Waals surface area contributed by atoms with Crippen molar-refractivity contribution in [1.29, 1.82) is 0 Å². The third-order valence-electron chi connectivity index (χ3n) is 3.83. The fourth-order valence-electron chi connectivity index (χ4n) is 2.55. The van der Waals surface area contributed by atoms with Crippen molar-refractivity contribution >= 4 is 0 Å². The SMILES string of the molecule is CCNC(Cc1ccc(F)cc1)c1cccc(C)c1C. The first-order chi connectivity index (χ1) is 9.61. The van der Waals surface area contributed by atoms with Crippen molar-refractivity contribution in [2.45, 2.75) is 33.2 Å². The van der Waals surface area contributed by atoms with E-state index in [2.05, 4.69) is 44.3 Å². The summed E-state index contributed by atoms with van der Waals surface area (Å²) in [6.07, 6.45) is 0.873. The standard InChI is InChI=1S/C18H22FN/c1-4-20-18(12-15-8-10-16(19)11-9-15)17-7-5-6-13(2)14(17)3/h5-11,18,20H,4,12H2,1-3H3. The summed E-state index contributed by atoms with van der Waals surface area (Å²) in [5.74, 6) is -0.180. The molecule has 0 bridgehead atoms. The van der Waals surface area contributed by atoms with E-state index in [9.17, 15) is 4.39 Å². The zero-order chi connectivity index (χ0) is 14.5. The summed E-state index contributed by atoms with van der Waals surface area (Å²) in [6, 6.07) is 13.5. The van der Waals surface area contributed by atoms with Gasteiger partial charge in [-0.05, 0) is 61.2 Å². The lowest BCUT2D eigenvalue weighted by Crippen LogP contribution is -2.24. The molecule has 1 unspecified atom stereocenters. The maximum absolute atomic E-state index is 13.0. The smallest absolute Gasteiger partial charge is 0.123 e. The Labute approximate surface area is 120 Å². The Morgan fingerprint density at radius 1 is 1.05 bits per heavy atom. The fourth-order valence-corrected chi connectivity index (χ4v) is 2.55. The van der Waals surface area contributed by atoms with Crippen LogP contribution in [-0.2, 0) is 6.42 Å². The van der Waals surface area contributed by atoms with Gasteiger partial charge in [-0.2, -0.15) is 0 Å². The number of hydrogen-bond acceptors (Lipinski definition) is 1. The molecule has 0 aliphatic heterocycles. The Morgan fingerprint density at radius 3 is 2.40 bits per heavy atom. The molecule has 0 aromatic heterocycles. The molecule has 0 saturated heterocycles. The number of benzene rings is 2. The summed E-state index contributed by atoms with van der Waals surface area (Å²) < 4.78 is 13.0. The first-order valence-corrected chi connectivity index (χ1v) is 7.15. The maximum Gasteiger partial charge on any atom is 0.123 e. The molecule has 20 heavy (non-hydrogen) atoms. The van der Waals surface area contributed by atoms with Crippen LogP contribution in [0.1, 0.15) is 35.2 Å². The second-order valence-corrected chi connectivity index (χ2v) is 5.23. The van der Waals surface area contributed by atoms with Gasteiger partial charge in [0.15, 0.2) is 0 Å². The summed E-state index contributed by atoms with van der Waals surface area (Å²) in [5, 5.41) is 3.54. The monoisotopic (exact) mass is 271 g/mol. The molecule has 1 atom stereocenters. The molecule has 0 aliphatic carbocycles. The summed E-state index contributed by atoms with van der Waals surface area (Å²) in [7, 11) is 0. The van der Waals surface area contributed by atoms with Crippen molar-refractivity contribution in [1.82, 2.24) is 5.32 Å². The van der Waals surface area contributed by atoms with E-state index in [0.29, 0.717) is 0 Å². The van der Waals surface area contributed by atoms with Gasteiger partial charge in [0, 0.05) is 6.04 Å². The van der Waals surface area contributed by atoms with Crippen LogP contribution in [0.4, 0.5) is 4.39 Å². The number of rotatable bonds is 5. The van der Waals surface area contributed by atoms with Crippen molar-refractivity contribution in [2.24, 2.45) is 0 Å². The average molecular weight is 271 g/mol. The third-order valence-corrected chi connectivity index (χ3v) is 3.83. The molecule has 2 aromatic carbocycles.